The predicted molar refractivity (Wildman–Crippen MR) is 83.4 cm³/mol. The van der Waals surface area contributed by atoms with Gasteiger partial charge in [0, 0.05) is 23.0 Å². The summed E-state index contributed by atoms with van der Waals surface area (Å²) >= 11 is 0. The highest BCUT2D eigenvalue weighted by Gasteiger charge is 2.09. The number of methoxy groups -OCH3 is 1. The molecule has 1 N–H and O–H groups in total. The summed E-state index contributed by atoms with van der Waals surface area (Å²) in [7, 11) is 1.71. The van der Waals surface area contributed by atoms with Crippen molar-refractivity contribution in [2.75, 3.05) is 12.4 Å². The van der Waals surface area contributed by atoms with E-state index in [-0.39, 0.29) is 0 Å². The third-order valence-corrected chi connectivity index (χ3v) is 3.59. The highest BCUT2D eigenvalue weighted by Crippen LogP contribution is 2.25. The number of pyridine rings is 1. The SMILES string of the molecule is CCc1ccccc1NCc1ncc(C)c(OC)c1C. The first kappa shape index (κ1) is 14.4. The van der Waals surface area contributed by atoms with Gasteiger partial charge in [0.1, 0.15) is 5.75 Å². The molecule has 1 aromatic heterocycles. The van der Waals surface area contributed by atoms with Gasteiger partial charge in [-0.1, -0.05) is 25.1 Å². The molecule has 3 nitrogen and oxygen atoms in total. The summed E-state index contributed by atoms with van der Waals surface area (Å²) in [5.74, 6) is 0.931. The molecule has 0 saturated heterocycles. The first-order chi connectivity index (χ1) is 9.67. The fourth-order valence-corrected chi connectivity index (χ4v) is 2.43. The van der Waals surface area contributed by atoms with Crippen molar-refractivity contribution < 1.29 is 4.74 Å². The Morgan fingerprint density at radius 3 is 2.65 bits per heavy atom. The second-order valence-corrected chi connectivity index (χ2v) is 4.91. The normalized spacial score (nSPS) is 10.4. The van der Waals surface area contributed by atoms with E-state index in [1.165, 1.54) is 11.3 Å². The summed E-state index contributed by atoms with van der Waals surface area (Å²) in [5.41, 5.74) is 5.70. The van der Waals surface area contributed by atoms with Crippen molar-refractivity contribution in [2.24, 2.45) is 0 Å². The number of benzene rings is 1. The second-order valence-electron chi connectivity index (χ2n) is 4.91. The predicted octanol–water partition coefficient (Wildman–Crippen LogP) is 3.88. The van der Waals surface area contributed by atoms with Crippen molar-refractivity contribution in [3.05, 3.63) is 52.8 Å². The molecule has 0 fully saturated rings. The van der Waals surface area contributed by atoms with E-state index < -0.39 is 0 Å². The lowest BCUT2D eigenvalue weighted by atomic mass is 10.1. The van der Waals surface area contributed by atoms with Crippen molar-refractivity contribution in [3.8, 4) is 5.75 Å². The number of hydrogen-bond donors (Lipinski definition) is 1. The molecular formula is C17H22N2O. The Bertz CT molecular complexity index is 594. The Balaban J connectivity index is 2.19. The Hall–Kier alpha value is -2.03. The first-order valence-electron chi connectivity index (χ1n) is 6.98. The van der Waals surface area contributed by atoms with Crippen LogP contribution >= 0.6 is 0 Å². The molecule has 0 aliphatic rings. The molecular weight excluding hydrogens is 248 g/mol. The molecule has 0 atom stereocenters. The topological polar surface area (TPSA) is 34.2 Å². The summed E-state index contributed by atoms with van der Waals surface area (Å²) in [5, 5.41) is 3.47. The van der Waals surface area contributed by atoms with Crippen LogP contribution in [0.15, 0.2) is 30.5 Å². The minimum Gasteiger partial charge on any atom is -0.496 e. The first-order valence-corrected chi connectivity index (χ1v) is 6.98. The molecule has 1 heterocycles. The monoisotopic (exact) mass is 270 g/mol. The van der Waals surface area contributed by atoms with Gasteiger partial charge in [-0.15, -0.1) is 0 Å². The number of para-hydroxylation sites is 1. The Morgan fingerprint density at radius 2 is 1.95 bits per heavy atom. The number of hydrogen-bond acceptors (Lipinski definition) is 3. The smallest absolute Gasteiger partial charge is 0.128 e. The van der Waals surface area contributed by atoms with Gasteiger partial charge >= 0.3 is 0 Å². The highest BCUT2D eigenvalue weighted by atomic mass is 16.5. The van der Waals surface area contributed by atoms with Gasteiger partial charge in [-0.05, 0) is 31.9 Å². The lowest BCUT2D eigenvalue weighted by Gasteiger charge is -2.14. The van der Waals surface area contributed by atoms with Gasteiger partial charge < -0.3 is 10.1 Å². The standard InChI is InChI=1S/C17H22N2O/c1-5-14-8-6-7-9-15(14)19-11-16-13(3)17(20-4)12(2)10-18-16/h6-10,19H,5,11H2,1-4H3. The summed E-state index contributed by atoms with van der Waals surface area (Å²) < 4.78 is 5.45. The fourth-order valence-electron chi connectivity index (χ4n) is 2.43. The zero-order valence-electron chi connectivity index (χ0n) is 12.7. The van der Waals surface area contributed by atoms with Crippen LogP contribution in [0.25, 0.3) is 0 Å². The van der Waals surface area contributed by atoms with Gasteiger partial charge in [0.15, 0.2) is 0 Å². The highest BCUT2D eigenvalue weighted by molar-refractivity contribution is 5.52. The van der Waals surface area contributed by atoms with Gasteiger partial charge in [-0.25, -0.2) is 0 Å². The number of aryl methyl sites for hydroxylation is 2. The van der Waals surface area contributed by atoms with Gasteiger partial charge in [0.25, 0.3) is 0 Å². The van der Waals surface area contributed by atoms with Crippen molar-refractivity contribution in [1.29, 1.82) is 0 Å². The van der Waals surface area contributed by atoms with Crippen LogP contribution in [0.3, 0.4) is 0 Å². The maximum Gasteiger partial charge on any atom is 0.128 e. The van der Waals surface area contributed by atoms with Crippen LogP contribution in [0, 0.1) is 13.8 Å². The van der Waals surface area contributed by atoms with Crippen molar-refractivity contribution >= 4 is 5.69 Å². The minimum atomic E-state index is 0.708. The molecule has 0 bridgehead atoms. The van der Waals surface area contributed by atoms with E-state index in [0.717, 1.165) is 29.0 Å². The molecule has 0 unspecified atom stereocenters. The second kappa shape index (κ2) is 6.42. The molecule has 1 aromatic carbocycles. The van der Waals surface area contributed by atoms with Crippen molar-refractivity contribution in [2.45, 2.75) is 33.7 Å². The maximum absolute atomic E-state index is 5.45. The van der Waals surface area contributed by atoms with E-state index in [4.69, 9.17) is 4.74 Å². The van der Waals surface area contributed by atoms with E-state index in [2.05, 4.69) is 48.4 Å². The number of nitrogens with zero attached hydrogens (tertiary/aromatic N) is 1. The van der Waals surface area contributed by atoms with E-state index in [1.54, 1.807) is 7.11 Å². The number of anilines is 1. The zero-order chi connectivity index (χ0) is 14.5. The molecule has 0 spiro atoms. The average molecular weight is 270 g/mol. The Kier molecular flexibility index (Phi) is 4.61. The summed E-state index contributed by atoms with van der Waals surface area (Å²) in [6.07, 6.45) is 2.89. The third-order valence-electron chi connectivity index (χ3n) is 3.59. The lowest BCUT2D eigenvalue weighted by Crippen LogP contribution is -2.07. The molecule has 3 heteroatoms. The van der Waals surface area contributed by atoms with E-state index in [9.17, 15) is 0 Å². The van der Waals surface area contributed by atoms with Crippen molar-refractivity contribution in [1.82, 2.24) is 4.98 Å². The zero-order valence-corrected chi connectivity index (χ0v) is 12.7. The van der Waals surface area contributed by atoms with Crippen LogP contribution in [0.5, 0.6) is 5.75 Å². The number of rotatable bonds is 5. The molecule has 106 valence electrons. The molecule has 0 amide bonds. The summed E-state index contributed by atoms with van der Waals surface area (Å²) in [6.45, 7) is 6.95. The van der Waals surface area contributed by atoms with Crippen LogP contribution in [0.2, 0.25) is 0 Å². The van der Waals surface area contributed by atoms with Crippen LogP contribution in [0.1, 0.15) is 29.3 Å². The number of aromatic nitrogens is 1. The molecule has 20 heavy (non-hydrogen) atoms. The van der Waals surface area contributed by atoms with Crippen molar-refractivity contribution in [3.63, 3.8) is 0 Å². The van der Waals surface area contributed by atoms with E-state index in [1.807, 2.05) is 13.1 Å². The lowest BCUT2D eigenvalue weighted by molar-refractivity contribution is 0.407. The fraction of sp³-hybridized carbons (Fsp3) is 0.353. The average Bonchev–Trinajstić information content (AvgIpc) is 2.47. The molecule has 0 saturated carbocycles. The Labute approximate surface area is 121 Å². The molecule has 2 rings (SSSR count). The largest absolute Gasteiger partial charge is 0.496 e. The number of ether oxygens (including phenoxy) is 1. The molecule has 0 radical (unpaired) electrons. The van der Waals surface area contributed by atoms with Gasteiger partial charge in [0.2, 0.25) is 0 Å². The third kappa shape index (κ3) is 2.93. The van der Waals surface area contributed by atoms with Gasteiger partial charge in [0.05, 0.1) is 19.3 Å². The van der Waals surface area contributed by atoms with E-state index >= 15 is 0 Å². The molecule has 2 aromatic rings. The quantitative estimate of drug-likeness (QED) is 0.895. The summed E-state index contributed by atoms with van der Waals surface area (Å²) in [6, 6.07) is 8.39. The minimum absolute atomic E-state index is 0.708. The van der Waals surface area contributed by atoms with Crippen LogP contribution in [-0.4, -0.2) is 12.1 Å². The molecule has 0 aliphatic carbocycles. The number of nitrogens with one attached hydrogen (secondary N) is 1. The van der Waals surface area contributed by atoms with Crippen LogP contribution in [0.4, 0.5) is 5.69 Å². The summed E-state index contributed by atoms with van der Waals surface area (Å²) in [4.78, 5) is 4.51. The van der Waals surface area contributed by atoms with Crippen LogP contribution < -0.4 is 10.1 Å². The van der Waals surface area contributed by atoms with Gasteiger partial charge in [-0.3, -0.25) is 4.98 Å². The van der Waals surface area contributed by atoms with Crippen LogP contribution in [-0.2, 0) is 13.0 Å². The Morgan fingerprint density at radius 1 is 1.20 bits per heavy atom. The van der Waals surface area contributed by atoms with E-state index in [0.29, 0.717) is 6.54 Å². The maximum atomic E-state index is 5.45. The molecule has 0 aliphatic heterocycles. The van der Waals surface area contributed by atoms with Gasteiger partial charge in [-0.2, -0.15) is 0 Å².